The van der Waals surface area contributed by atoms with Gasteiger partial charge in [-0.05, 0) is 38.5 Å². The summed E-state index contributed by atoms with van der Waals surface area (Å²) in [6.07, 6.45) is 0.285. The number of rotatable bonds is 4. The Hall–Kier alpha value is -2.34. The third-order valence-electron chi connectivity index (χ3n) is 5.03. The molecule has 1 aromatic carbocycles. The largest absolute Gasteiger partial charge is 0.493 e. The maximum Gasteiger partial charge on any atom is 0.161 e. The summed E-state index contributed by atoms with van der Waals surface area (Å²) in [5.74, 6) is 0.810. The van der Waals surface area contributed by atoms with Gasteiger partial charge in [-0.2, -0.15) is 0 Å². The number of Topliss-reactive ketones (excluding diaryl/α,β-unsaturated/α-hetero) is 1. The molecule has 0 unspecified atom stereocenters. The Morgan fingerprint density at radius 2 is 2.00 bits per heavy atom. The maximum absolute atomic E-state index is 12.5. The van der Waals surface area contributed by atoms with E-state index in [4.69, 9.17) is 14.0 Å². The van der Waals surface area contributed by atoms with Crippen LogP contribution in [-0.2, 0) is 11.2 Å². The molecule has 0 aliphatic heterocycles. The molecule has 0 spiro atoms. The van der Waals surface area contributed by atoms with Gasteiger partial charge in [0.1, 0.15) is 11.5 Å². The van der Waals surface area contributed by atoms with Gasteiger partial charge in [-0.3, -0.25) is 4.79 Å². The fourth-order valence-corrected chi connectivity index (χ4v) is 4.00. The zero-order chi connectivity index (χ0) is 18.4. The van der Waals surface area contributed by atoms with Gasteiger partial charge in [0.25, 0.3) is 0 Å². The zero-order valence-corrected chi connectivity index (χ0v) is 15.1. The average molecular weight is 345 g/mol. The lowest BCUT2D eigenvalue weighted by atomic mass is 9.64. The van der Waals surface area contributed by atoms with E-state index in [1.807, 2.05) is 19.1 Å². The van der Waals surface area contributed by atoms with Crippen LogP contribution in [0.15, 0.2) is 22.7 Å². The highest BCUT2D eigenvalue weighted by Crippen LogP contribution is 2.48. The van der Waals surface area contributed by atoms with Gasteiger partial charge in [0, 0.05) is 17.9 Å². The molecule has 2 aromatic rings. The quantitative estimate of drug-likeness (QED) is 0.917. The van der Waals surface area contributed by atoms with Gasteiger partial charge in [0.15, 0.2) is 11.5 Å². The normalized spacial score (nSPS) is 25.4. The maximum atomic E-state index is 12.5. The van der Waals surface area contributed by atoms with Crippen molar-refractivity contribution in [3.8, 4) is 11.5 Å². The van der Waals surface area contributed by atoms with Crippen molar-refractivity contribution in [1.29, 1.82) is 0 Å². The predicted octanol–water partition coefficient (Wildman–Crippen LogP) is 2.64. The Bertz CT molecular complexity index is 808. The first-order valence-electron chi connectivity index (χ1n) is 8.20. The summed E-state index contributed by atoms with van der Waals surface area (Å²) in [4.78, 5) is 12.5. The Morgan fingerprint density at radius 1 is 1.32 bits per heavy atom. The van der Waals surface area contributed by atoms with Crippen LogP contribution in [0.3, 0.4) is 0 Å². The molecule has 1 aliphatic carbocycles. The van der Waals surface area contributed by atoms with E-state index in [-0.39, 0.29) is 18.1 Å². The van der Waals surface area contributed by atoms with E-state index in [0.717, 1.165) is 11.1 Å². The van der Waals surface area contributed by atoms with Crippen molar-refractivity contribution in [2.45, 2.75) is 38.7 Å². The van der Waals surface area contributed by atoms with Gasteiger partial charge in [0.2, 0.25) is 0 Å². The Morgan fingerprint density at radius 3 is 2.60 bits per heavy atom. The topological polar surface area (TPSA) is 81.8 Å². The van der Waals surface area contributed by atoms with Gasteiger partial charge < -0.3 is 19.1 Å². The van der Waals surface area contributed by atoms with Crippen LogP contribution in [0.5, 0.6) is 11.5 Å². The smallest absolute Gasteiger partial charge is 0.161 e. The van der Waals surface area contributed by atoms with Crippen LogP contribution < -0.4 is 9.47 Å². The third-order valence-corrected chi connectivity index (χ3v) is 5.03. The average Bonchev–Trinajstić information content (AvgIpc) is 2.91. The number of aryl methyl sites for hydroxylation is 1. The number of methoxy groups -OCH3 is 2. The molecule has 1 N–H and O–H groups in total. The Kier molecular flexibility index (Phi) is 4.33. The van der Waals surface area contributed by atoms with Gasteiger partial charge in [0.05, 0.1) is 31.4 Å². The molecular weight excluding hydrogens is 322 g/mol. The van der Waals surface area contributed by atoms with E-state index in [1.54, 1.807) is 27.2 Å². The van der Waals surface area contributed by atoms with E-state index < -0.39 is 11.5 Å². The molecule has 3 atom stereocenters. The van der Waals surface area contributed by atoms with E-state index in [9.17, 15) is 9.90 Å². The van der Waals surface area contributed by atoms with E-state index >= 15 is 0 Å². The first-order chi connectivity index (χ1) is 11.8. The number of aliphatic hydroxyl groups is 1. The molecule has 1 aromatic heterocycles. The fraction of sp³-hybridized carbons (Fsp3) is 0.474. The van der Waals surface area contributed by atoms with Crippen molar-refractivity contribution >= 4 is 5.78 Å². The number of carbonyl (C=O) groups excluding carboxylic acids is 1. The zero-order valence-electron chi connectivity index (χ0n) is 15.1. The van der Waals surface area contributed by atoms with E-state index in [2.05, 4.69) is 5.16 Å². The SMILES string of the molecule is COc1ccc([C@@H]2c3c(noc3C)C[C@@](C)(O)[C@H]2C(C)=O)cc1OC. The van der Waals surface area contributed by atoms with Crippen LogP contribution in [-0.4, -0.2) is 35.9 Å². The molecule has 1 aliphatic rings. The minimum atomic E-state index is -1.21. The second-order valence-electron chi connectivity index (χ2n) is 6.81. The summed E-state index contributed by atoms with van der Waals surface area (Å²) in [5, 5.41) is 15.1. The highest BCUT2D eigenvalue weighted by molar-refractivity contribution is 5.82. The predicted molar refractivity (Wildman–Crippen MR) is 91.1 cm³/mol. The molecular formula is C19H23NO5. The second-order valence-corrected chi connectivity index (χ2v) is 6.81. The van der Waals surface area contributed by atoms with Crippen molar-refractivity contribution in [2.75, 3.05) is 14.2 Å². The summed E-state index contributed by atoms with van der Waals surface area (Å²) in [7, 11) is 3.14. The van der Waals surface area contributed by atoms with Crippen LogP contribution in [0.1, 0.15) is 42.3 Å². The lowest BCUT2D eigenvalue weighted by Crippen LogP contribution is -2.48. The Labute approximate surface area is 146 Å². The van der Waals surface area contributed by atoms with E-state index in [1.165, 1.54) is 6.92 Å². The van der Waals surface area contributed by atoms with Crippen molar-refractivity contribution in [2.24, 2.45) is 5.92 Å². The minimum Gasteiger partial charge on any atom is -0.493 e. The molecule has 0 saturated heterocycles. The lowest BCUT2D eigenvalue weighted by molar-refractivity contribution is -0.130. The molecule has 0 bridgehead atoms. The van der Waals surface area contributed by atoms with Crippen LogP contribution in [0.2, 0.25) is 0 Å². The number of benzene rings is 1. The van der Waals surface area contributed by atoms with Crippen molar-refractivity contribution < 1.29 is 23.9 Å². The fourth-order valence-electron chi connectivity index (χ4n) is 4.00. The molecule has 1 heterocycles. The minimum absolute atomic E-state index is 0.0731. The molecule has 6 nitrogen and oxygen atoms in total. The van der Waals surface area contributed by atoms with Gasteiger partial charge in [-0.15, -0.1) is 0 Å². The number of ether oxygens (including phenoxy) is 2. The highest BCUT2D eigenvalue weighted by Gasteiger charge is 2.49. The molecule has 6 heteroatoms. The number of hydrogen-bond donors (Lipinski definition) is 1. The number of carbonyl (C=O) groups is 1. The second kappa shape index (κ2) is 6.19. The van der Waals surface area contributed by atoms with Crippen molar-refractivity contribution in [1.82, 2.24) is 5.16 Å². The monoisotopic (exact) mass is 345 g/mol. The summed E-state index contributed by atoms with van der Waals surface area (Å²) >= 11 is 0. The van der Waals surface area contributed by atoms with Crippen LogP contribution >= 0.6 is 0 Å². The standard InChI is InChI=1S/C19H23NO5/c1-10(21)18-17(12-6-7-14(23-4)15(8-12)24-5)16-11(2)25-20-13(16)9-19(18,3)22/h6-8,17-18,22H,9H2,1-5H3/t17-,18+,19-/m1/s1. The summed E-state index contributed by atoms with van der Waals surface area (Å²) < 4.78 is 16.1. The van der Waals surface area contributed by atoms with Gasteiger partial charge >= 0.3 is 0 Å². The van der Waals surface area contributed by atoms with Crippen LogP contribution in [0.25, 0.3) is 0 Å². The number of ketones is 1. The van der Waals surface area contributed by atoms with Crippen molar-refractivity contribution in [3.63, 3.8) is 0 Å². The molecule has 3 rings (SSSR count). The summed E-state index contributed by atoms with van der Waals surface area (Å²) in [6, 6.07) is 5.54. The summed E-state index contributed by atoms with van der Waals surface area (Å²) in [5.41, 5.74) is 1.21. The molecule has 0 fully saturated rings. The molecule has 0 amide bonds. The molecule has 134 valence electrons. The number of fused-ring (bicyclic) bond motifs is 1. The van der Waals surface area contributed by atoms with E-state index in [0.29, 0.717) is 23.0 Å². The molecule has 25 heavy (non-hydrogen) atoms. The first kappa shape index (κ1) is 17.5. The third kappa shape index (κ3) is 2.80. The number of nitrogens with zero attached hydrogens (tertiary/aromatic N) is 1. The Balaban J connectivity index is 2.23. The first-order valence-corrected chi connectivity index (χ1v) is 8.20. The van der Waals surface area contributed by atoms with Crippen LogP contribution in [0.4, 0.5) is 0 Å². The molecule has 0 radical (unpaired) electrons. The van der Waals surface area contributed by atoms with Gasteiger partial charge in [-0.1, -0.05) is 11.2 Å². The number of hydrogen-bond acceptors (Lipinski definition) is 6. The highest BCUT2D eigenvalue weighted by atomic mass is 16.5. The molecule has 0 saturated carbocycles. The van der Waals surface area contributed by atoms with Crippen LogP contribution in [0, 0.1) is 12.8 Å². The lowest BCUT2D eigenvalue weighted by Gasteiger charge is -2.40. The van der Waals surface area contributed by atoms with Crippen molar-refractivity contribution in [3.05, 3.63) is 40.8 Å². The number of aromatic nitrogens is 1. The van der Waals surface area contributed by atoms with Gasteiger partial charge in [-0.25, -0.2) is 0 Å². The summed E-state index contributed by atoms with van der Waals surface area (Å²) in [6.45, 7) is 5.03.